The molecule has 0 bridgehead atoms. The second kappa shape index (κ2) is 7.38. The summed E-state index contributed by atoms with van der Waals surface area (Å²) in [6.45, 7) is 4.68. The van der Waals surface area contributed by atoms with Crippen LogP contribution in [0.5, 0.6) is 5.88 Å². The standard InChI is InChI=1S/C16H24N5O6PS/c1-5-23-13-10-12(19-15(17)20-13)21(7-18-10)14-16(4,22)11-9(25-14)6-24-28(29,27-11)26-8(2)3/h7-9,11,14,22H,5-6H2,1-4H3,(H2,17,19,20)/t9-,11-,14-,16-,28?/m1/s1. The third kappa shape index (κ3) is 3.63. The van der Waals surface area contributed by atoms with E-state index in [2.05, 4.69) is 15.0 Å². The lowest BCUT2D eigenvalue weighted by Gasteiger charge is -2.37. The molecular formula is C16H24N5O6PS. The van der Waals surface area contributed by atoms with Gasteiger partial charge in [0, 0.05) is 0 Å². The van der Waals surface area contributed by atoms with Gasteiger partial charge in [0.1, 0.15) is 17.8 Å². The zero-order chi connectivity index (χ0) is 21.0. The molecule has 2 aliphatic heterocycles. The molecule has 2 aliphatic rings. The van der Waals surface area contributed by atoms with Gasteiger partial charge in [0.15, 0.2) is 17.4 Å². The van der Waals surface area contributed by atoms with E-state index < -0.39 is 30.8 Å². The van der Waals surface area contributed by atoms with E-state index in [1.807, 2.05) is 20.8 Å². The average Bonchev–Trinajstić information content (AvgIpc) is 3.13. The Bertz CT molecular complexity index is 969. The SMILES string of the molecule is CCOc1nc(N)nc2c1ncn2[C@@H]1O[C@@H]2COP(=S)(OC(C)C)O[C@H]2[C@@]1(C)O. The van der Waals surface area contributed by atoms with Crippen LogP contribution in [0.4, 0.5) is 5.95 Å². The molecule has 2 aromatic heterocycles. The van der Waals surface area contributed by atoms with E-state index in [-0.39, 0.29) is 24.5 Å². The highest BCUT2D eigenvalue weighted by Crippen LogP contribution is 2.59. The van der Waals surface area contributed by atoms with Gasteiger partial charge in [-0.05, 0) is 39.5 Å². The molecule has 0 radical (unpaired) electrons. The highest BCUT2D eigenvalue weighted by Gasteiger charge is 2.59. The van der Waals surface area contributed by atoms with Crippen molar-refractivity contribution in [2.75, 3.05) is 18.9 Å². The molecule has 0 spiro atoms. The zero-order valence-electron chi connectivity index (χ0n) is 16.5. The fourth-order valence-corrected chi connectivity index (χ4v) is 6.13. The molecule has 3 N–H and O–H groups in total. The Morgan fingerprint density at radius 3 is 2.93 bits per heavy atom. The third-order valence-corrected chi connectivity index (χ3v) is 7.10. The number of anilines is 1. The lowest BCUT2D eigenvalue weighted by molar-refractivity contribution is -0.0894. The van der Waals surface area contributed by atoms with Crippen LogP contribution in [0.1, 0.15) is 33.9 Å². The summed E-state index contributed by atoms with van der Waals surface area (Å²) in [7, 11) is 0. The van der Waals surface area contributed by atoms with Gasteiger partial charge in [-0.15, -0.1) is 0 Å². The molecule has 0 aliphatic carbocycles. The summed E-state index contributed by atoms with van der Waals surface area (Å²) >= 11 is 5.44. The maximum atomic E-state index is 11.3. The summed E-state index contributed by atoms with van der Waals surface area (Å²) in [6.07, 6.45) is -0.817. The summed E-state index contributed by atoms with van der Waals surface area (Å²) < 4.78 is 30.4. The van der Waals surface area contributed by atoms with Crippen molar-refractivity contribution in [1.82, 2.24) is 19.5 Å². The van der Waals surface area contributed by atoms with E-state index >= 15 is 0 Å². The largest absolute Gasteiger partial charge is 0.476 e. The van der Waals surface area contributed by atoms with Crippen molar-refractivity contribution in [1.29, 1.82) is 0 Å². The van der Waals surface area contributed by atoms with Crippen LogP contribution < -0.4 is 10.5 Å². The fraction of sp³-hybridized carbons (Fsp3) is 0.688. The molecule has 160 valence electrons. The number of nitrogen functional groups attached to an aromatic ring is 1. The molecule has 2 fully saturated rings. The molecular weight excluding hydrogens is 421 g/mol. The van der Waals surface area contributed by atoms with Gasteiger partial charge in [-0.25, -0.2) is 4.98 Å². The number of nitrogens with zero attached hydrogens (tertiary/aromatic N) is 4. The molecule has 5 atom stereocenters. The lowest BCUT2D eigenvalue weighted by Crippen LogP contribution is -2.47. The summed E-state index contributed by atoms with van der Waals surface area (Å²) in [5, 5.41) is 11.3. The van der Waals surface area contributed by atoms with Crippen LogP contribution in [0, 0.1) is 0 Å². The van der Waals surface area contributed by atoms with Crippen molar-refractivity contribution in [3.8, 4) is 5.88 Å². The second-order valence-corrected chi connectivity index (χ2v) is 10.2. The molecule has 0 aromatic carbocycles. The quantitative estimate of drug-likeness (QED) is 0.648. The molecule has 0 amide bonds. The number of fused-ring (bicyclic) bond motifs is 2. The average molecular weight is 445 g/mol. The molecule has 29 heavy (non-hydrogen) atoms. The van der Waals surface area contributed by atoms with Crippen molar-refractivity contribution in [2.24, 2.45) is 0 Å². The number of aliphatic hydroxyl groups is 1. The van der Waals surface area contributed by atoms with Crippen LogP contribution in [-0.4, -0.2) is 61.8 Å². The summed E-state index contributed by atoms with van der Waals surface area (Å²) in [5.74, 6) is 0.294. The molecule has 0 saturated carbocycles. The van der Waals surface area contributed by atoms with E-state index in [4.69, 9.17) is 40.6 Å². The minimum atomic E-state index is -2.99. The smallest absolute Gasteiger partial charge is 0.327 e. The first-order valence-electron chi connectivity index (χ1n) is 9.26. The van der Waals surface area contributed by atoms with Gasteiger partial charge in [0.05, 0.1) is 25.6 Å². The number of aromatic nitrogens is 4. The third-order valence-electron chi connectivity index (χ3n) is 4.64. The van der Waals surface area contributed by atoms with Crippen LogP contribution in [0.3, 0.4) is 0 Å². The fourth-order valence-electron chi connectivity index (χ4n) is 3.50. The molecule has 2 aromatic rings. The van der Waals surface area contributed by atoms with E-state index in [0.717, 1.165) is 0 Å². The van der Waals surface area contributed by atoms with E-state index in [1.54, 1.807) is 11.5 Å². The predicted molar refractivity (Wildman–Crippen MR) is 107 cm³/mol. The Balaban J connectivity index is 1.70. The highest BCUT2D eigenvalue weighted by atomic mass is 32.5. The van der Waals surface area contributed by atoms with Gasteiger partial charge in [-0.3, -0.25) is 9.09 Å². The Morgan fingerprint density at radius 1 is 1.48 bits per heavy atom. The predicted octanol–water partition coefficient (Wildman–Crippen LogP) is 1.52. The Labute approximate surface area is 172 Å². The molecule has 11 nitrogen and oxygen atoms in total. The van der Waals surface area contributed by atoms with Crippen molar-refractivity contribution in [2.45, 2.75) is 57.8 Å². The van der Waals surface area contributed by atoms with Crippen molar-refractivity contribution < 1.29 is 28.2 Å². The number of rotatable bonds is 5. The first-order valence-corrected chi connectivity index (χ1v) is 11.8. The van der Waals surface area contributed by atoms with Crippen molar-refractivity contribution >= 4 is 35.6 Å². The molecule has 4 heterocycles. The molecule has 13 heteroatoms. The van der Waals surface area contributed by atoms with Crippen molar-refractivity contribution in [3.05, 3.63) is 6.33 Å². The second-order valence-electron chi connectivity index (χ2n) is 7.32. The minimum Gasteiger partial charge on any atom is -0.476 e. The van der Waals surface area contributed by atoms with Gasteiger partial charge < -0.3 is 29.4 Å². The van der Waals surface area contributed by atoms with Crippen LogP contribution in [0.15, 0.2) is 6.33 Å². The van der Waals surface area contributed by atoms with Crippen LogP contribution in [-0.2, 0) is 30.1 Å². The summed E-state index contributed by atoms with van der Waals surface area (Å²) in [4.78, 5) is 12.7. The monoisotopic (exact) mass is 445 g/mol. The van der Waals surface area contributed by atoms with E-state index in [1.165, 1.54) is 6.33 Å². The lowest BCUT2D eigenvalue weighted by atomic mass is 9.96. The zero-order valence-corrected chi connectivity index (χ0v) is 18.2. The number of ether oxygens (including phenoxy) is 2. The van der Waals surface area contributed by atoms with Gasteiger partial charge in [0.25, 0.3) is 0 Å². The van der Waals surface area contributed by atoms with Gasteiger partial charge in [-0.2, -0.15) is 9.97 Å². The van der Waals surface area contributed by atoms with Gasteiger partial charge in [-0.1, -0.05) is 0 Å². The summed E-state index contributed by atoms with van der Waals surface area (Å²) in [5.41, 5.74) is 5.17. The van der Waals surface area contributed by atoms with Crippen molar-refractivity contribution in [3.63, 3.8) is 0 Å². The Hall–Kier alpha value is -1.40. The van der Waals surface area contributed by atoms with E-state index in [0.29, 0.717) is 17.8 Å². The molecule has 1 unspecified atom stereocenters. The van der Waals surface area contributed by atoms with Crippen LogP contribution in [0.2, 0.25) is 0 Å². The number of imidazole rings is 1. The molecule has 4 rings (SSSR count). The Morgan fingerprint density at radius 2 is 2.24 bits per heavy atom. The van der Waals surface area contributed by atoms with E-state index in [9.17, 15) is 5.11 Å². The maximum absolute atomic E-state index is 11.3. The van der Waals surface area contributed by atoms with Crippen LogP contribution >= 0.6 is 6.72 Å². The van der Waals surface area contributed by atoms with Gasteiger partial charge in [0.2, 0.25) is 11.8 Å². The highest BCUT2D eigenvalue weighted by molar-refractivity contribution is 8.07. The van der Waals surface area contributed by atoms with Crippen LogP contribution in [0.25, 0.3) is 11.2 Å². The number of hydrogen-bond acceptors (Lipinski definition) is 11. The Kier molecular flexibility index (Phi) is 5.31. The number of nitrogens with two attached hydrogens (primary N) is 1. The number of hydrogen-bond donors (Lipinski definition) is 2. The first kappa shape index (κ1) is 20.9. The topological polar surface area (TPSA) is 136 Å². The first-order chi connectivity index (χ1) is 13.6. The normalized spacial score (nSPS) is 34.6. The molecule has 2 saturated heterocycles. The maximum Gasteiger partial charge on any atom is 0.327 e. The minimum absolute atomic E-state index is 0.0261. The summed E-state index contributed by atoms with van der Waals surface area (Å²) in [6, 6.07) is 0. The van der Waals surface area contributed by atoms with Gasteiger partial charge >= 0.3 is 6.72 Å².